The first-order valence-corrected chi connectivity index (χ1v) is 9.25. The zero-order valence-electron chi connectivity index (χ0n) is 12.8. The first-order chi connectivity index (χ1) is 10.9. The van der Waals surface area contributed by atoms with Crippen molar-refractivity contribution < 1.29 is 8.42 Å². The highest BCUT2D eigenvalue weighted by Crippen LogP contribution is 2.23. The Morgan fingerprint density at radius 3 is 2.43 bits per heavy atom. The van der Waals surface area contributed by atoms with Gasteiger partial charge in [0, 0.05) is 14.1 Å². The Labute approximate surface area is 138 Å². The molecule has 0 saturated heterocycles. The predicted molar refractivity (Wildman–Crippen MR) is 92.5 cm³/mol. The summed E-state index contributed by atoms with van der Waals surface area (Å²) in [6.45, 7) is 0.472. The fraction of sp³-hybridized carbons (Fsp3) is 0.188. The first-order valence-electron chi connectivity index (χ1n) is 6.99. The zero-order valence-corrected chi connectivity index (χ0v) is 14.4. The molecule has 0 aliphatic carbocycles. The number of fused-ring (bicyclic) bond motifs is 1. The van der Waals surface area contributed by atoms with Gasteiger partial charge < -0.3 is 0 Å². The lowest BCUT2D eigenvalue weighted by atomic mass is 10.2. The van der Waals surface area contributed by atoms with Crippen LogP contribution >= 0.6 is 11.3 Å². The van der Waals surface area contributed by atoms with Crippen LogP contribution in [-0.4, -0.2) is 31.4 Å². The van der Waals surface area contributed by atoms with Gasteiger partial charge in [-0.1, -0.05) is 41.7 Å². The van der Waals surface area contributed by atoms with Gasteiger partial charge in [0.05, 0.1) is 21.7 Å². The van der Waals surface area contributed by atoms with Crippen molar-refractivity contribution >= 4 is 31.6 Å². The maximum Gasteiger partial charge on any atom is 0.308 e. The quantitative estimate of drug-likeness (QED) is 0.727. The van der Waals surface area contributed by atoms with Crippen molar-refractivity contribution in [3.05, 3.63) is 63.8 Å². The van der Waals surface area contributed by atoms with Gasteiger partial charge in [0.25, 0.3) is 0 Å². The number of hydrogen-bond acceptors (Lipinski definition) is 4. The van der Waals surface area contributed by atoms with Crippen LogP contribution < -0.4 is 4.87 Å². The van der Waals surface area contributed by atoms with E-state index in [0.29, 0.717) is 11.2 Å². The summed E-state index contributed by atoms with van der Waals surface area (Å²) in [4.78, 5) is 12.4. The number of sulfonamides is 1. The van der Waals surface area contributed by atoms with Crippen molar-refractivity contribution in [3.8, 4) is 0 Å². The first kappa shape index (κ1) is 15.9. The molecule has 0 atom stereocenters. The molecular formula is C16H16N2O3S2. The number of hydrogen-bond donors (Lipinski definition) is 0. The molecule has 0 N–H and O–H groups in total. The van der Waals surface area contributed by atoms with Gasteiger partial charge >= 0.3 is 4.87 Å². The van der Waals surface area contributed by atoms with Gasteiger partial charge in [-0.2, -0.15) is 0 Å². The Kier molecular flexibility index (Phi) is 4.09. The minimum Gasteiger partial charge on any atom is -0.294 e. The second kappa shape index (κ2) is 5.92. The second-order valence-corrected chi connectivity index (χ2v) is 8.50. The Morgan fingerprint density at radius 2 is 1.78 bits per heavy atom. The van der Waals surface area contributed by atoms with Gasteiger partial charge in [0.15, 0.2) is 0 Å². The molecule has 5 nitrogen and oxygen atoms in total. The Morgan fingerprint density at radius 1 is 1.09 bits per heavy atom. The lowest BCUT2D eigenvalue weighted by Crippen LogP contribution is -2.22. The van der Waals surface area contributed by atoms with Crippen molar-refractivity contribution in [1.29, 1.82) is 0 Å². The smallest absolute Gasteiger partial charge is 0.294 e. The van der Waals surface area contributed by atoms with E-state index in [1.807, 2.05) is 30.3 Å². The van der Waals surface area contributed by atoms with E-state index >= 15 is 0 Å². The average Bonchev–Trinajstić information content (AvgIpc) is 2.83. The number of rotatable bonds is 4. The number of aromatic nitrogens is 1. The third-order valence-electron chi connectivity index (χ3n) is 3.60. The molecule has 0 fully saturated rings. The van der Waals surface area contributed by atoms with Crippen molar-refractivity contribution in [3.63, 3.8) is 0 Å². The molecule has 0 amide bonds. The SMILES string of the molecule is CN(C)S(=O)(=O)c1ccc2c(c1)sc(=O)n2Cc1ccccc1. The average molecular weight is 348 g/mol. The Hall–Kier alpha value is -1.96. The molecule has 0 bridgehead atoms. The van der Waals surface area contributed by atoms with E-state index in [4.69, 9.17) is 0 Å². The Bertz CT molecular complexity index is 1000. The molecule has 0 unspecified atom stereocenters. The maximum absolute atomic E-state index is 12.3. The molecule has 1 heterocycles. The van der Waals surface area contributed by atoms with E-state index in [-0.39, 0.29) is 9.77 Å². The molecule has 0 spiro atoms. The Balaban J connectivity index is 2.09. The van der Waals surface area contributed by atoms with E-state index < -0.39 is 10.0 Å². The summed E-state index contributed by atoms with van der Waals surface area (Å²) in [7, 11) is -0.525. The molecule has 0 radical (unpaired) electrons. The van der Waals surface area contributed by atoms with Crippen LogP contribution in [0.15, 0.2) is 58.2 Å². The highest BCUT2D eigenvalue weighted by molar-refractivity contribution is 7.89. The van der Waals surface area contributed by atoms with Gasteiger partial charge in [-0.3, -0.25) is 9.36 Å². The van der Waals surface area contributed by atoms with E-state index in [9.17, 15) is 13.2 Å². The molecule has 0 saturated carbocycles. The number of thiazole rings is 1. The van der Waals surface area contributed by atoms with E-state index in [2.05, 4.69) is 0 Å². The minimum atomic E-state index is -3.50. The van der Waals surface area contributed by atoms with Crippen LogP contribution in [0, 0.1) is 0 Å². The highest BCUT2D eigenvalue weighted by atomic mass is 32.2. The molecule has 23 heavy (non-hydrogen) atoms. The molecular weight excluding hydrogens is 332 g/mol. The monoisotopic (exact) mass is 348 g/mol. The summed E-state index contributed by atoms with van der Waals surface area (Å²) in [6.07, 6.45) is 0. The molecule has 3 aromatic rings. The molecule has 1 aromatic heterocycles. The van der Waals surface area contributed by atoms with Gasteiger partial charge in [-0.25, -0.2) is 12.7 Å². The van der Waals surface area contributed by atoms with Crippen molar-refractivity contribution in [2.75, 3.05) is 14.1 Å². The molecule has 7 heteroatoms. The third kappa shape index (κ3) is 2.95. The van der Waals surface area contributed by atoms with Crippen molar-refractivity contribution in [1.82, 2.24) is 8.87 Å². The fourth-order valence-corrected chi connectivity index (χ4v) is 4.27. The van der Waals surface area contributed by atoms with Crippen LogP contribution in [0.5, 0.6) is 0 Å². The molecule has 120 valence electrons. The van der Waals surface area contributed by atoms with Crippen LogP contribution in [0.3, 0.4) is 0 Å². The molecule has 2 aromatic carbocycles. The van der Waals surface area contributed by atoms with Crippen LogP contribution in [0.2, 0.25) is 0 Å². The summed E-state index contributed by atoms with van der Waals surface area (Å²) in [6, 6.07) is 14.5. The summed E-state index contributed by atoms with van der Waals surface area (Å²) in [5, 5.41) is 0. The van der Waals surface area contributed by atoms with E-state index in [1.165, 1.54) is 14.1 Å². The second-order valence-electron chi connectivity index (χ2n) is 5.36. The topological polar surface area (TPSA) is 59.4 Å². The number of nitrogens with zero attached hydrogens (tertiary/aromatic N) is 2. The lowest BCUT2D eigenvalue weighted by molar-refractivity contribution is 0.521. The van der Waals surface area contributed by atoms with Gasteiger partial charge in [0.1, 0.15) is 0 Å². The summed E-state index contributed by atoms with van der Waals surface area (Å²) in [5.41, 5.74) is 1.78. The standard InChI is InChI=1S/C16H16N2O3S2/c1-17(2)23(20,21)13-8-9-14-15(10-13)22-16(19)18(14)11-12-6-4-3-5-7-12/h3-10H,11H2,1-2H3. The van der Waals surface area contributed by atoms with Gasteiger partial charge in [0.2, 0.25) is 10.0 Å². The minimum absolute atomic E-state index is 0.0942. The van der Waals surface area contributed by atoms with E-state index in [1.54, 1.807) is 22.8 Å². The lowest BCUT2D eigenvalue weighted by Gasteiger charge is -2.11. The normalized spacial score (nSPS) is 12.1. The van der Waals surface area contributed by atoms with Gasteiger partial charge in [-0.05, 0) is 23.8 Å². The fourth-order valence-electron chi connectivity index (χ4n) is 2.33. The summed E-state index contributed by atoms with van der Waals surface area (Å²) >= 11 is 1.06. The van der Waals surface area contributed by atoms with Crippen LogP contribution in [0.25, 0.3) is 10.2 Å². The largest absolute Gasteiger partial charge is 0.308 e. The van der Waals surface area contributed by atoms with Crippen LogP contribution in [0.1, 0.15) is 5.56 Å². The van der Waals surface area contributed by atoms with E-state index in [0.717, 1.165) is 26.7 Å². The maximum atomic E-state index is 12.3. The van der Waals surface area contributed by atoms with Crippen molar-refractivity contribution in [2.24, 2.45) is 0 Å². The van der Waals surface area contributed by atoms with Crippen LogP contribution in [0.4, 0.5) is 0 Å². The zero-order chi connectivity index (χ0) is 16.6. The molecule has 3 rings (SSSR count). The molecule has 0 aliphatic rings. The van der Waals surface area contributed by atoms with Gasteiger partial charge in [-0.15, -0.1) is 0 Å². The third-order valence-corrected chi connectivity index (χ3v) is 6.35. The van der Waals surface area contributed by atoms with Crippen LogP contribution in [-0.2, 0) is 16.6 Å². The highest BCUT2D eigenvalue weighted by Gasteiger charge is 2.19. The summed E-state index contributed by atoms with van der Waals surface area (Å²) < 4.78 is 27.9. The van der Waals surface area contributed by atoms with Crippen molar-refractivity contribution in [2.45, 2.75) is 11.4 Å². The number of benzene rings is 2. The predicted octanol–water partition coefficient (Wildman–Crippen LogP) is 2.36. The molecule has 0 aliphatic heterocycles. The summed E-state index contributed by atoms with van der Waals surface area (Å²) in [5.74, 6) is 0.